The van der Waals surface area contributed by atoms with E-state index in [2.05, 4.69) is 5.32 Å². The molecular weight excluding hydrogens is 218 g/mol. The molecule has 1 N–H and O–H groups in total. The normalized spacial score (nSPS) is 23.5. The molecule has 0 saturated carbocycles. The summed E-state index contributed by atoms with van der Waals surface area (Å²) in [5.41, 5.74) is 0. The maximum absolute atomic E-state index is 11.5. The summed E-state index contributed by atoms with van der Waals surface area (Å²) in [6.07, 6.45) is 1.26. The molecule has 1 amide bonds. The van der Waals surface area contributed by atoms with Crippen molar-refractivity contribution in [1.82, 2.24) is 5.32 Å². The van der Waals surface area contributed by atoms with E-state index >= 15 is 0 Å². The molecule has 15 heavy (non-hydrogen) atoms. The van der Waals surface area contributed by atoms with E-state index in [4.69, 9.17) is 21.1 Å². The van der Waals surface area contributed by atoms with E-state index in [0.717, 1.165) is 12.8 Å². The van der Waals surface area contributed by atoms with Gasteiger partial charge in [-0.2, -0.15) is 0 Å². The molecular formula is C10H18ClNO3. The SMILES string of the molecule is CCC(Cl)CCNC(=O)C1COCCO1. The lowest BCUT2D eigenvalue weighted by Crippen LogP contribution is -2.43. The maximum atomic E-state index is 11.5. The Morgan fingerprint density at radius 3 is 3.00 bits per heavy atom. The van der Waals surface area contributed by atoms with Crippen LogP contribution in [0.1, 0.15) is 19.8 Å². The van der Waals surface area contributed by atoms with Crippen LogP contribution in [0.25, 0.3) is 0 Å². The van der Waals surface area contributed by atoms with E-state index in [1.165, 1.54) is 0 Å². The van der Waals surface area contributed by atoms with Gasteiger partial charge in [0.05, 0.1) is 19.8 Å². The Morgan fingerprint density at radius 2 is 2.40 bits per heavy atom. The van der Waals surface area contributed by atoms with Gasteiger partial charge >= 0.3 is 0 Å². The van der Waals surface area contributed by atoms with Gasteiger partial charge in [-0.15, -0.1) is 11.6 Å². The highest BCUT2D eigenvalue weighted by molar-refractivity contribution is 6.20. The maximum Gasteiger partial charge on any atom is 0.251 e. The fourth-order valence-corrected chi connectivity index (χ4v) is 1.42. The summed E-state index contributed by atoms with van der Waals surface area (Å²) in [5, 5.41) is 2.92. The van der Waals surface area contributed by atoms with Crippen molar-refractivity contribution in [3.63, 3.8) is 0 Å². The van der Waals surface area contributed by atoms with Gasteiger partial charge in [-0.25, -0.2) is 0 Å². The Kier molecular flexibility index (Phi) is 5.98. The second kappa shape index (κ2) is 7.04. The van der Waals surface area contributed by atoms with E-state index in [1.54, 1.807) is 0 Å². The van der Waals surface area contributed by atoms with Crippen LogP contribution in [0.5, 0.6) is 0 Å². The van der Waals surface area contributed by atoms with Gasteiger partial charge in [0.25, 0.3) is 5.91 Å². The molecule has 0 aromatic carbocycles. The highest BCUT2D eigenvalue weighted by atomic mass is 35.5. The number of halogens is 1. The summed E-state index contributed by atoms with van der Waals surface area (Å²) < 4.78 is 10.4. The van der Waals surface area contributed by atoms with Crippen LogP contribution in [0.4, 0.5) is 0 Å². The van der Waals surface area contributed by atoms with Crippen LogP contribution >= 0.6 is 11.6 Å². The Bertz CT molecular complexity index is 195. The van der Waals surface area contributed by atoms with E-state index in [1.807, 2.05) is 6.92 Å². The van der Waals surface area contributed by atoms with Gasteiger partial charge < -0.3 is 14.8 Å². The number of nitrogens with one attached hydrogen (secondary N) is 1. The molecule has 1 rings (SSSR count). The molecule has 0 aromatic heterocycles. The standard InChI is InChI=1S/C10H18ClNO3/c1-2-8(11)3-4-12-10(13)9-7-14-5-6-15-9/h8-9H,2-7H2,1H3,(H,12,13). The van der Waals surface area contributed by atoms with Crippen LogP contribution in [0.3, 0.4) is 0 Å². The van der Waals surface area contributed by atoms with Crippen molar-refractivity contribution in [2.45, 2.75) is 31.2 Å². The predicted molar refractivity (Wildman–Crippen MR) is 58.1 cm³/mol. The fraction of sp³-hybridized carbons (Fsp3) is 0.900. The average Bonchev–Trinajstić information content (AvgIpc) is 2.29. The zero-order valence-corrected chi connectivity index (χ0v) is 9.76. The van der Waals surface area contributed by atoms with Crippen LogP contribution in [0.15, 0.2) is 0 Å². The molecule has 0 aliphatic carbocycles. The van der Waals surface area contributed by atoms with E-state index in [9.17, 15) is 4.79 Å². The van der Waals surface area contributed by atoms with Gasteiger partial charge in [-0.1, -0.05) is 6.92 Å². The minimum Gasteiger partial charge on any atom is -0.376 e. The van der Waals surface area contributed by atoms with Gasteiger partial charge in [0.2, 0.25) is 0 Å². The summed E-state index contributed by atoms with van der Waals surface area (Å²) in [7, 11) is 0. The number of hydrogen-bond donors (Lipinski definition) is 1. The molecule has 1 fully saturated rings. The summed E-state index contributed by atoms with van der Waals surface area (Å²) in [6.45, 7) is 4.04. The Hall–Kier alpha value is -0.320. The van der Waals surface area contributed by atoms with Crippen molar-refractivity contribution >= 4 is 17.5 Å². The average molecular weight is 236 g/mol. The lowest BCUT2D eigenvalue weighted by molar-refractivity contribution is -0.147. The second-order valence-corrected chi connectivity index (χ2v) is 4.14. The third-order valence-corrected chi connectivity index (χ3v) is 2.83. The molecule has 1 aliphatic rings. The first-order valence-corrected chi connectivity index (χ1v) is 5.78. The Labute approximate surface area is 95.3 Å². The molecule has 2 atom stereocenters. The molecule has 88 valence electrons. The monoisotopic (exact) mass is 235 g/mol. The fourth-order valence-electron chi connectivity index (χ4n) is 1.31. The molecule has 5 heteroatoms. The Morgan fingerprint density at radius 1 is 1.60 bits per heavy atom. The minimum absolute atomic E-state index is 0.102. The number of carbonyl (C=O) groups is 1. The van der Waals surface area contributed by atoms with Gasteiger partial charge in [-0.05, 0) is 12.8 Å². The number of ether oxygens (including phenoxy) is 2. The van der Waals surface area contributed by atoms with Crippen molar-refractivity contribution in [2.75, 3.05) is 26.4 Å². The van der Waals surface area contributed by atoms with E-state index in [-0.39, 0.29) is 11.3 Å². The van der Waals surface area contributed by atoms with E-state index in [0.29, 0.717) is 26.4 Å². The van der Waals surface area contributed by atoms with Gasteiger partial charge in [-0.3, -0.25) is 4.79 Å². The lowest BCUT2D eigenvalue weighted by atomic mass is 10.2. The third kappa shape index (κ3) is 4.82. The highest BCUT2D eigenvalue weighted by Crippen LogP contribution is 2.05. The molecule has 1 aliphatic heterocycles. The smallest absolute Gasteiger partial charge is 0.251 e. The number of hydrogen-bond acceptors (Lipinski definition) is 3. The van der Waals surface area contributed by atoms with Crippen LogP contribution < -0.4 is 5.32 Å². The largest absolute Gasteiger partial charge is 0.376 e. The molecule has 2 unspecified atom stereocenters. The minimum atomic E-state index is -0.450. The van der Waals surface area contributed by atoms with Crippen LogP contribution in [0.2, 0.25) is 0 Å². The second-order valence-electron chi connectivity index (χ2n) is 3.52. The lowest BCUT2D eigenvalue weighted by Gasteiger charge is -2.22. The zero-order valence-electron chi connectivity index (χ0n) is 9.00. The summed E-state index contributed by atoms with van der Waals surface area (Å²) in [6, 6.07) is 0. The first-order chi connectivity index (χ1) is 7.24. The number of rotatable bonds is 5. The molecule has 0 bridgehead atoms. The quantitative estimate of drug-likeness (QED) is 0.721. The van der Waals surface area contributed by atoms with Crippen LogP contribution in [0, 0.1) is 0 Å². The van der Waals surface area contributed by atoms with Crippen molar-refractivity contribution < 1.29 is 14.3 Å². The van der Waals surface area contributed by atoms with Crippen molar-refractivity contribution in [1.29, 1.82) is 0 Å². The molecule has 0 radical (unpaired) electrons. The number of alkyl halides is 1. The molecule has 1 heterocycles. The summed E-state index contributed by atoms with van der Waals surface area (Å²) in [4.78, 5) is 11.5. The highest BCUT2D eigenvalue weighted by Gasteiger charge is 2.22. The topological polar surface area (TPSA) is 47.6 Å². The summed E-state index contributed by atoms with van der Waals surface area (Å²) in [5.74, 6) is -0.102. The number of carbonyl (C=O) groups excluding carboxylic acids is 1. The molecule has 0 spiro atoms. The first-order valence-electron chi connectivity index (χ1n) is 5.35. The van der Waals surface area contributed by atoms with Crippen LogP contribution in [-0.4, -0.2) is 43.8 Å². The first kappa shape index (κ1) is 12.7. The Balaban J connectivity index is 2.12. The predicted octanol–water partition coefficient (Wildman–Crippen LogP) is 0.925. The van der Waals surface area contributed by atoms with Gasteiger partial charge in [0.15, 0.2) is 6.10 Å². The van der Waals surface area contributed by atoms with Crippen molar-refractivity contribution in [3.8, 4) is 0 Å². The van der Waals surface area contributed by atoms with Gasteiger partial charge in [0.1, 0.15) is 0 Å². The molecule has 4 nitrogen and oxygen atoms in total. The van der Waals surface area contributed by atoms with Crippen molar-refractivity contribution in [2.24, 2.45) is 0 Å². The van der Waals surface area contributed by atoms with Crippen LogP contribution in [-0.2, 0) is 14.3 Å². The third-order valence-electron chi connectivity index (χ3n) is 2.31. The molecule has 0 aromatic rings. The van der Waals surface area contributed by atoms with E-state index < -0.39 is 6.10 Å². The zero-order chi connectivity index (χ0) is 11.1. The summed E-state index contributed by atoms with van der Waals surface area (Å²) >= 11 is 5.93. The van der Waals surface area contributed by atoms with Crippen molar-refractivity contribution in [3.05, 3.63) is 0 Å². The van der Waals surface area contributed by atoms with Gasteiger partial charge in [0, 0.05) is 11.9 Å². The molecule has 1 saturated heterocycles. The number of amides is 1.